The third kappa shape index (κ3) is 3.99. The van der Waals surface area contributed by atoms with Crippen LogP contribution in [0.5, 0.6) is 0 Å². The summed E-state index contributed by atoms with van der Waals surface area (Å²) in [6.45, 7) is 4.39. The zero-order chi connectivity index (χ0) is 15.4. The van der Waals surface area contributed by atoms with Crippen LogP contribution >= 0.6 is 0 Å². The van der Waals surface area contributed by atoms with Crippen LogP contribution in [0.2, 0.25) is 0 Å². The number of benzene rings is 1. The van der Waals surface area contributed by atoms with Gasteiger partial charge in [0.15, 0.2) is 0 Å². The Kier molecular flexibility index (Phi) is 5.27. The van der Waals surface area contributed by atoms with E-state index in [0.717, 1.165) is 12.1 Å². The largest absolute Gasteiger partial charge is 0.399 e. The van der Waals surface area contributed by atoms with Gasteiger partial charge in [0.1, 0.15) is 0 Å². The van der Waals surface area contributed by atoms with E-state index in [9.17, 15) is 4.79 Å². The van der Waals surface area contributed by atoms with Crippen LogP contribution in [-0.2, 0) is 4.79 Å². The quantitative estimate of drug-likeness (QED) is 0.857. The van der Waals surface area contributed by atoms with Crippen molar-refractivity contribution < 1.29 is 4.79 Å². The lowest BCUT2D eigenvalue weighted by molar-refractivity contribution is -0.133. The molecule has 1 aliphatic rings. The van der Waals surface area contributed by atoms with Crippen molar-refractivity contribution in [3.05, 3.63) is 29.8 Å². The molecular weight excluding hydrogens is 260 g/mol. The molecule has 116 valence electrons. The van der Waals surface area contributed by atoms with Gasteiger partial charge in [-0.05, 0) is 42.4 Å². The molecule has 0 spiro atoms. The number of nitrogen functional groups attached to an aromatic ring is 1. The standard InChI is InChI=1S/C18H28N2O/c1-13-6-4-5-7-17(13)20(3)18(21)12-14(2)15-8-10-16(19)11-9-15/h8-11,13-14,17H,4-7,12,19H2,1-3H3. The van der Waals surface area contributed by atoms with Gasteiger partial charge in [0.2, 0.25) is 5.91 Å². The molecule has 3 atom stereocenters. The average Bonchev–Trinajstić information content (AvgIpc) is 2.47. The normalized spacial score (nSPS) is 23.6. The van der Waals surface area contributed by atoms with Gasteiger partial charge in [-0.3, -0.25) is 4.79 Å². The van der Waals surface area contributed by atoms with E-state index in [1.807, 2.05) is 36.2 Å². The highest BCUT2D eigenvalue weighted by Crippen LogP contribution is 2.29. The zero-order valence-electron chi connectivity index (χ0n) is 13.5. The molecule has 1 fully saturated rings. The predicted octanol–water partition coefficient (Wildman–Crippen LogP) is 3.80. The van der Waals surface area contributed by atoms with Gasteiger partial charge >= 0.3 is 0 Å². The van der Waals surface area contributed by atoms with E-state index in [-0.39, 0.29) is 11.8 Å². The minimum Gasteiger partial charge on any atom is -0.399 e. The molecule has 1 amide bonds. The van der Waals surface area contributed by atoms with Gasteiger partial charge in [0, 0.05) is 25.2 Å². The highest BCUT2D eigenvalue weighted by atomic mass is 16.2. The van der Waals surface area contributed by atoms with Crippen LogP contribution in [0.25, 0.3) is 0 Å². The predicted molar refractivity (Wildman–Crippen MR) is 88.1 cm³/mol. The molecule has 0 saturated heterocycles. The van der Waals surface area contributed by atoms with E-state index >= 15 is 0 Å². The number of hydrogen-bond acceptors (Lipinski definition) is 2. The van der Waals surface area contributed by atoms with Gasteiger partial charge in [-0.2, -0.15) is 0 Å². The number of rotatable bonds is 4. The molecule has 2 rings (SSSR count). The highest BCUT2D eigenvalue weighted by Gasteiger charge is 2.28. The Balaban J connectivity index is 1.95. The molecule has 0 aliphatic heterocycles. The fourth-order valence-electron chi connectivity index (χ4n) is 3.41. The number of carbonyl (C=O) groups excluding carboxylic acids is 1. The Morgan fingerprint density at radius 3 is 2.52 bits per heavy atom. The van der Waals surface area contributed by atoms with Crippen molar-refractivity contribution >= 4 is 11.6 Å². The summed E-state index contributed by atoms with van der Waals surface area (Å²) in [6.07, 6.45) is 5.53. The summed E-state index contributed by atoms with van der Waals surface area (Å²) in [5, 5.41) is 0. The summed E-state index contributed by atoms with van der Waals surface area (Å²) in [5.41, 5.74) is 7.67. The first kappa shape index (κ1) is 15.9. The van der Waals surface area contributed by atoms with Gasteiger partial charge < -0.3 is 10.6 Å². The fraction of sp³-hybridized carbons (Fsp3) is 0.611. The number of nitrogens with two attached hydrogens (primary N) is 1. The van der Waals surface area contributed by atoms with E-state index in [4.69, 9.17) is 5.73 Å². The van der Waals surface area contributed by atoms with Crippen molar-refractivity contribution in [2.24, 2.45) is 5.92 Å². The van der Waals surface area contributed by atoms with Crippen molar-refractivity contribution in [1.82, 2.24) is 4.90 Å². The summed E-state index contributed by atoms with van der Waals surface area (Å²) in [5.74, 6) is 1.12. The number of anilines is 1. The lowest BCUT2D eigenvalue weighted by atomic mass is 9.84. The molecule has 1 saturated carbocycles. The van der Waals surface area contributed by atoms with E-state index < -0.39 is 0 Å². The number of amides is 1. The second-order valence-corrected chi connectivity index (χ2v) is 6.61. The van der Waals surface area contributed by atoms with Gasteiger partial charge in [-0.1, -0.05) is 38.8 Å². The molecule has 1 aromatic carbocycles. The Morgan fingerprint density at radius 1 is 1.29 bits per heavy atom. The van der Waals surface area contributed by atoms with E-state index in [2.05, 4.69) is 13.8 Å². The molecule has 1 aromatic rings. The summed E-state index contributed by atoms with van der Waals surface area (Å²) in [7, 11) is 1.98. The number of carbonyl (C=O) groups is 1. The molecule has 3 unspecified atom stereocenters. The van der Waals surface area contributed by atoms with Crippen LogP contribution in [0, 0.1) is 5.92 Å². The Labute approximate surface area is 128 Å². The molecule has 0 radical (unpaired) electrons. The topological polar surface area (TPSA) is 46.3 Å². The number of hydrogen-bond donors (Lipinski definition) is 1. The van der Waals surface area contributed by atoms with Crippen molar-refractivity contribution in [3.8, 4) is 0 Å². The molecule has 0 bridgehead atoms. The van der Waals surface area contributed by atoms with Crippen molar-refractivity contribution in [2.45, 2.75) is 57.9 Å². The van der Waals surface area contributed by atoms with E-state index in [0.29, 0.717) is 18.4 Å². The van der Waals surface area contributed by atoms with Crippen LogP contribution in [0.15, 0.2) is 24.3 Å². The van der Waals surface area contributed by atoms with Crippen LogP contribution in [0.3, 0.4) is 0 Å². The monoisotopic (exact) mass is 288 g/mol. The molecule has 2 N–H and O–H groups in total. The number of nitrogens with zero attached hydrogens (tertiary/aromatic N) is 1. The first-order chi connectivity index (χ1) is 9.99. The van der Waals surface area contributed by atoms with Gasteiger partial charge in [-0.25, -0.2) is 0 Å². The van der Waals surface area contributed by atoms with E-state index in [1.54, 1.807) is 0 Å². The molecule has 21 heavy (non-hydrogen) atoms. The van der Waals surface area contributed by atoms with Crippen molar-refractivity contribution in [3.63, 3.8) is 0 Å². The maximum atomic E-state index is 12.5. The van der Waals surface area contributed by atoms with Crippen LogP contribution in [0.4, 0.5) is 5.69 Å². The smallest absolute Gasteiger partial charge is 0.223 e. The molecular formula is C18H28N2O. The third-order valence-electron chi connectivity index (χ3n) is 4.94. The third-order valence-corrected chi connectivity index (χ3v) is 4.94. The first-order valence-electron chi connectivity index (χ1n) is 8.10. The molecule has 3 nitrogen and oxygen atoms in total. The van der Waals surface area contributed by atoms with E-state index in [1.165, 1.54) is 24.8 Å². The Hall–Kier alpha value is -1.51. The second-order valence-electron chi connectivity index (χ2n) is 6.61. The van der Waals surface area contributed by atoms with Gasteiger partial charge in [0.05, 0.1) is 0 Å². The van der Waals surface area contributed by atoms with Gasteiger partial charge in [0.25, 0.3) is 0 Å². The highest BCUT2D eigenvalue weighted by molar-refractivity contribution is 5.77. The van der Waals surface area contributed by atoms with Crippen LogP contribution < -0.4 is 5.73 Å². The summed E-state index contributed by atoms with van der Waals surface area (Å²) < 4.78 is 0. The minimum atomic E-state index is 0.236. The SMILES string of the molecule is CC(CC(=O)N(C)C1CCCCC1C)c1ccc(N)cc1. The minimum absolute atomic E-state index is 0.236. The molecule has 0 heterocycles. The molecule has 0 aromatic heterocycles. The fourth-order valence-corrected chi connectivity index (χ4v) is 3.41. The summed E-state index contributed by atoms with van der Waals surface area (Å²) in [4.78, 5) is 14.5. The molecule has 1 aliphatic carbocycles. The molecule has 3 heteroatoms. The Bertz CT molecular complexity index is 469. The van der Waals surface area contributed by atoms with Crippen LogP contribution in [-0.4, -0.2) is 23.9 Å². The lowest BCUT2D eigenvalue weighted by Gasteiger charge is -2.36. The maximum Gasteiger partial charge on any atom is 0.223 e. The average molecular weight is 288 g/mol. The maximum absolute atomic E-state index is 12.5. The zero-order valence-corrected chi connectivity index (χ0v) is 13.5. The van der Waals surface area contributed by atoms with Crippen molar-refractivity contribution in [2.75, 3.05) is 12.8 Å². The second kappa shape index (κ2) is 6.97. The van der Waals surface area contributed by atoms with Crippen LogP contribution in [0.1, 0.15) is 57.4 Å². The van der Waals surface area contributed by atoms with Gasteiger partial charge in [-0.15, -0.1) is 0 Å². The summed E-state index contributed by atoms with van der Waals surface area (Å²) in [6, 6.07) is 8.28. The summed E-state index contributed by atoms with van der Waals surface area (Å²) >= 11 is 0. The lowest BCUT2D eigenvalue weighted by Crippen LogP contribution is -2.42. The Morgan fingerprint density at radius 2 is 1.90 bits per heavy atom. The van der Waals surface area contributed by atoms with Crippen molar-refractivity contribution in [1.29, 1.82) is 0 Å². The first-order valence-corrected chi connectivity index (χ1v) is 8.10.